The molecule has 2 aromatic rings. The normalized spacial score (nSPS) is 12.6. The molecule has 3 nitrogen and oxygen atoms in total. The summed E-state index contributed by atoms with van der Waals surface area (Å²) in [5.41, 5.74) is 0.733. The Morgan fingerprint density at radius 2 is 2.22 bits per heavy atom. The highest BCUT2D eigenvalue weighted by molar-refractivity contribution is 6.17. The molecule has 0 saturated heterocycles. The van der Waals surface area contributed by atoms with Crippen molar-refractivity contribution in [3.63, 3.8) is 0 Å². The summed E-state index contributed by atoms with van der Waals surface area (Å²) < 4.78 is 5.48. The fourth-order valence-corrected chi connectivity index (χ4v) is 2.11. The predicted octanol–water partition coefficient (Wildman–Crippen LogP) is 3.43. The number of halogens is 1. The quantitative estimate of drug-likeness (QED) is 0.842. The molecule has 4 heteroatoms. The van der Waals surface area contributed by atoms with Crippen LogP contribution in [0.5, 0.6) is 0 Å². The SMILES string of the molecule is CC(CCCl)CNC(=O)c1cc2ccccc2o1. The molecule has 1 aromatic heterocycles. The van der Waals surface area contributed by atoms with E-state index in [1.807, 2.05) is 24.3 Å². The van der Waals surface area contributed by atoms with Crippen molar-refractivity contribution in [2.45, 2.75) is 13.3 Å². The third-order valence-corrected chi connectivity index (χ3v) is 3.08. The molecule has 1 amide bonds. The minimum Gasteiger partial charge on any atom is -0.451 e. The van der Waals surface area contributed by atoms with Crippen molar-refractivity contribution < 1.29 is 9.21 Å². The van der Waals surface area contributed by atoms with Gasteiger partial charge in [-0.15, -0.1) is 11.6 Å². The molecule has 0 aliphatic rings. The zero-order valence-electron chi connectivity index (χ0n) is 10.3. The molecule has 1 aromatic carbocycles. The molecule has 96 valence electrons. The maximum absolute atomic E-state index is 11.9. The van der Waals surface area contributed by atoms with Gasteiger partial charge in [0.05, 0.1) is 0 Å². The third-order valence-electron chi connectivity index (χ3n) is 2.86. The van der Waals surface area contributed by atoms with Crippen molar-refractivity contribution in [1.29, 1.82) is 0 Å². The molecular formula is C14H16ClNO2. The average Bonchev–Trinajstić information content (AvgIpc) is 2.80. The summed E-state index contributed by atoms with van der Waals surface area (Å²) in [6, 6.07) is 9.34. The summed E-state index contributed by atoms with van der Waals surface area (Å²) in [4.78, 5) is 11.9. The van der Waals surface area contributed by atoms with E-state index in [9.17, 15) is 4.79 Å². The highest BCUT2D eigenvalue weighted by atomic mass is 35.5. The predicted molar refractivity (Wildman–Crippen MR) is 73.0 cm³/mol. The van der Waals surface area contributed by atoms with Crippen LogP contribution in [-0.2, 0) is 0 Å². The number of alkyl halides is 1. The molecule has 2 rings (SSSR count). The van der Waals surface area contributed by atoms with E-state index in [1.165, 1.54) is 0 Å². The Morgan fingerprint density at radius 1 is 1.44 bits per heavy atom. The molecule has 0 spiro atoms. The van der Waals surface area contributed by atoms with Gasteiger partial charge >= 0.3 is 0 Å². The molecule has 0 saturated carbocycles. The van der Waals surface area contributed by atoms with Gasteiger partial charge in [0.1, 0.15) is 5.58 Å². The Morgan fingerprint density at radius 3 is 2.94 bits per heavy atom. The van der Waals surface area contributed by atoms with Gasteiger partial charge < -0.3 is 9.73 Å². The average molecular weight is 266 g/mol. The Balaban J connectivity index is 2.00. The number of furan rings is 1. The standard InChI is InChI=1S/C14H16ClNO2/c1-10(6-7-15)9-16-14(17)13-8-11-4-2-3-5-12(11)18-13/h2-5,8,10H,6-7,9H2,1H3,(H,16,17). The summed E-state index contributed by atoms with van der Waals surface area (Å²) in [6.07, 6.45) is 0.891. The Bertz CT molecular complexity index is 502. The number of amides is 1. The van der Waals surface area contributed by atoms with Gasteiger partial charge in [-0.25, -0.2) is 0 Å². The number of carbonyl (C=O) groups is 1. The fourth-order valence-electron chi connectivity index (χ4n) is 1.74. The van der Waals surface area contributed by atoms with Crippen LogP contribution in [0.4, 0.5) is 0 Å². The van der Waals surface area contributed by atoms with Crippen molar-refractivity contribution in [1.82, 2.24) is 5.32 Å². The molecule has 1 N–H and O–H groups in total. The second-order valence-corrected chi connectivity index (χ2v) is 4.82. The van der Waals surface area contributed by atoms with E-state index in [2.05, 4.69) is 12.2 Å². The van der Waals surface area contributed by atoms with Crippen LogP contribution < -0.4 is 5.32 Å². The summed E-state index contributed by atoms with van der Waals surface area (Å²) in [7, 11) is 0. The number of para-hydroxylation sites is 1. The first kappa shape index (κ1) is 13.0. The van der Waals surface area contributed by atoms with Crippen LogP contribution in [0.1, 0.15) is 23.9 Å². The number of fused-ring (bicyclic) bond motifs is 1. The maximum atomic E-state index is 11.9. The lowest BCUT2D eigenvalue weighted by Crippen LogP contribution is -2.28. The first-order valence-corrected chi connectivity index (χ1v) is 6.57. The van der Waals surface area contributed by atoms with Crippen molar-refractivity contribution in [2.24, 2.45) is 5.92 Å². The third kappa shape index (κ3) is 3.05. The summed E-state index contributed by atoms with van der Waals surface area (Å²) in [6.45, 7) is 2.67. The highest BCUT2D eigenvalue weighted by Gasteiger charge is 2.12. The second kappa shape index (κ2) is 5.91. The van der Waals surface area contributed by atoms with Crippen LogP contribution >= 0.6 is 11.6 Å². The molecule has 0 aliphatic heterocycles. The van der Waals surface area contributed by atoms with Crippen molar-refractivity contribution in [3.05, 3.63) is 36.1 Å². The largest absolute Gasteiger partial charge is 0.451 e. The van der Waals surface area contributed by atoms with E-state index >= 15 is 0 Å². The van der Waals surface area contributed by atoms with E-state index < -0.39 is 0 Å². The smallest absolute Gasteiger partial charge is 0.287 e. The van der Waals surface area contributed by atoms with E-state index in [0.717, 1.165) is 17.4 Å². The first-order chi connectivity index (χ1) is 8.70. The van der Waals surface area contributed by atoms with E-state index in [4.69, 9.17) is 16.0 Å². The lowest BCUT2D eigenvalue weighted by Gasteiger charge is -2.09. The van der Waals surface area contributed by atoms with Crippen LogP contribution in [0.3, 0.4) is 0 Å². The second-order valence-electron chi connectivity index (χ2n) is 4.44. The Kier molecular flexibility index (Phi) is 4.26. The minimum atomic E-state index is -0.173. The fraction of sp³-hybridized carbons (Fsp3) is 0.357. The van der Waals surface area contributed by atoms with E-state index in [1.54, 1.807) is 6.07 Å². The lowest BCUT2D eigenvalue weighted by molar-refractivity contribution is 0.0922. The molecule has 0 aliphatic carbocycles. The van der Waals surface area contributed by atoms with Gasteiger partial charge in [-0.3, -0.25) is 4.79 Å². The molecule has 0 radical (unpaired) electrons. The van der Waals surface area contributed by atoms with Crippen LogP contribution in [0.25, 0.3) is 11.0 Å². The number of rotatable bonds is 5. The van der Waals surface area contributed by atoms with Crippen LogP contribution in [-0.4, -0.2) is 18.3 Å². The zero-order valence-corrected chi connectivity index (χ0v) is 11.0. The number of carbonyl (C=O) groups excluding carboxylic acids is 1. The summed E-state index contributed by atoms with van der Waals surface area (Å²) in [5, 5.41) is 3.79. The van der Waals surface area contributed by atoms with Gasteiger partial charge in [0.25, 0.3) is 5.91 Å². The van der Waals surface area contributed by atoms with Crippen molar-refractivity contribution >= 4 is 28.5 Å². The molecule has 1 atom stereocenters. The van der Waals surface area contributed by atoms with Crippen LogP contribution in [0, 0.1) is 5.92 Å². The number of hydrogen-bond acceptors (Lipinski definition) is 2. The van der Waals surface area contributed by atoms with E-state index in [-0.39, 0.29) is 5.91 Å². The number of benzene rings is 1. The summed E-state index contributed by atoms with van der Waals surface area (Å²) in [5.74, 6) is 1.17. The number of hydrogen-bond donors (Lipinski definition) is 1. The molecular weight excluding hydrogens is 250 g/mol. The molecule has 18 heavy (non-hydrogen) atoms. The monoisotopic (exact) mass is 265 g/mol. The van der Waals surface area contributed by atoms with Gasteiger partial charge in [-0.2, -0.15) is 0 Å². The summed E-state index contributed by atoms with van der Waals surface area (Å²) >= 11 is 5.65. The minimum absolute atomic E-state index is 0.173. The maximum Gasteiger partial charge on any atom is 0.287 e. The first-order valence-electron chi connectivity index (χ1n) is 6.03. The molecule has 0 bridgehead atoms. The van der Waals surface area contributed by atoms with Gasteiger partial charge in [0.2, 0.25) is 0 Å². The van der Waals surface area contributed by atoms with Crippen LogP contribution in [0.2, 0.25) is 0 Å². The van der Waals surface area contributed by atoms with Gasteiger partial charge in [-0.05, 0) is 24.5 Å². The van der Waals surface area contributed by atoms with Crippen molar-refractivity contribution in [2.75, 3.05) is 12.4 Å². The Labute approximate surface area is 111 Å². The van der Waals surface area contributed by atoms with Gasteiger partial charge in [-0.1, -0.05) is 25.1 Å². The molecule has 1 unspecified atom stereocenters. The zero-order chi connectivity index (χ0) is 13.0. The highest BCUT2D eigenvalue weighted by Crippen LogP contribution is 2.18. The number of nitrogens with one attached hydrogen (secondary N) is 1. The molecule has 0 fully saturated rings. The Hall–Kier alpha value is -1.48. The topological polar surface area (TPSA) is 42.2 Å². The lowest BCUT2D eigenvalue weighted by atomic mass is 10.1. The van der Waals surface area contributed by atoms with E-state index in [0.29, 0.717) is 24.1 Å². The van der Waals surface area contributed by atoms with Crippen LogP contribution in [0.15, 0.2) is 34.7 Å². The molecule has 1 heterocycles. The van der Waals surface area contributed by atoms with Crippen molar-refractivity contribution in [3.8, 4) is 0 Å². The van der Waals surface area contributed by atoms with Gasteiger partial charge in [0.15, 0.2) is 5.76 Å². The van der Waals surface area contributed by atoms with Gasteiger partial charge in [0, 0.05) is 17.8 Å².